The Morgan fingerprint density at radius 2 is 2.19 bits per heavy atom. The summed E-state index contributed by atoms with van der Waals surface area (Å²) < 4.78 is 12.8. The molecule has 0 bridgehead atoms. The van der Waals surface area contributed by atoms with E-state index in [2.05, 4.69) is 5.32 Å². The number of hydrogen-bond acceptors (Lipinski definition) is 6. The number of nitriles is 1. The van der Waals surface area contributed by atoms with Crippen LogP contribution in [0.5, 0.6) is 0 Å². The predicted octanol–water partition coefficient (Wildman–Crippen LogP) is 2.65. The van der Waals surface area contributed by atoms with E-state index in [1.807, 2.05) is 13.0 Å². The van der Waals surface area contributed by atoms with Gasteiger partial charge in [-0.2, -0.15) is 10.4 Å². The number of nitrogens with one attached hydrogen (secondary N) is 1. The SMILES string of the molecule is CCn1nc(CCCOC(=O)c2cccc(C#N)c2)c2c1C(=O)NCC1(CCOCC1)C2. The van der Waals surface area contributed by atoms with Crippen LogP contribution in [-0.2, 0) is 28.9 Å². The maximum absolute atomic E-state index is 12.9. The molecular formula is C24H28N4O4. The molecule has 2 aliphatic rings. The topological polar surface area (TPSA) is 106 Å². The Bertz CT molecular complexity index is 1050. The molecule has 3 heterocycles. The third kappa shape index (κ3) is 4.53. The molecule has 0 unspecified atom stereocenters. The number of nitrogens with zero attached hydrogens (tertiary/aromatic N) is 3. The molecule has 1 aromatic heterocycles. The van der Waals surface area contributed by atoms with Crippen molar-refractivity contribution in [3.8, 4) is 6.07 Å². The first-order chi connectivity index (χ1) is 15.5. The van der Waals surface area contributed by atoms with Gasteiger partial charge in [-0.1, -0.05) is 6.07 Å². The first-order valence-electron chi connectivity index (χ1n) is 11.2. The normalized spacial score (nSPS) is 17.2. The zero-order valence-electron chi connectivity index (χ0n) is 18.4. The molecule has 2 aromatic rings. The molecule has 168 valence electrons. The quantitative estimate of drug-likeness (QED) is 0.551. The van der Waals surface area contributed by atoms with Crippen LogP contribution in [0.4, 0.5) is 0 Å². The molecule has 8 heteroatoms. The van der Waals surface area contributed by atoms with Crippen LogP contribution < -0.4 is 5.32 Å². The zero-order chi connectivity index (χ0) is 22.6. The molecule has 0 radical (unpaired) electrons. The molecule has 32 heavy (non-hydrogen) atoms. The third-order valence-electron chi connectivity index (χ3n) is 6.40. The first-order valence-corrected chi connectivity index (χ1v) is 11.2. The van der Waals surface area contributed by atoms with Gasteiger partial charge in [0.15, 0.2) is 0 Å². The van der Waals surface area contributed by atoms with Gasteiger partial charge in [0.1, 0.15) is 5.69 Å². The van der Waals surface area contributed by atoms with Crippen molar-refractivity contribution >= 4 is 11.9 Å². The van der Waals surface area contributed by atoms with Crippen LogP contribution in [-0.4, -0.2) is 48.0 Å². The van der Waals surface area contributed by atoms with E-state index in [4.69, 9.17) is 19.8 Å². The van der Waals surface area contributed by atoms with Crippen LogP contribution >= 0.6 is 0 Å². The molecule has 0 atom stereocenters. The van der Waals surface area contributed by atoms with Crippen molar-refractivity contribution in [3.63, 3.8) is 0 Å². The van der Waals surface area contributed by atoms with Crippen LogP contribution in [0.2, 0.25) is 0 Å². The number of hydrogen-bond donors (Lipinski definition) is 1. The van der Waals surface area contributed by atoms with Crippen molar-refractivity contribution in [1.82, 2.24) is 15.1 Å². The number of carbonyl (C=O) groups is 2. The summed E-state index contributed by atoms with van der Waals surface area (Å²) in [5.41, 5.74) is 3.40. The number of carbonyl (C=O) groups excluding carboxylic acids is 2. The van der Waals surface area contributed by atoms with E-state index in [-0.39, 0.29) is 17.9 Å². The van der Waals surface area contributed by atoms with Crippen LogP contribution in [0.1, 0.15) is 63.9 Å². The fourth-order valence-corrected chi connectivity index (χ4v) is 4.57. The zero-order valence-corrected chi connectivity index (χ0v) is 18.4. The van der Waals surface area contributed by atoms with E-state index in [1.165, 1.54) is 6.07 Å². The number of amides is 1. The first kappa shape index (κ1) is 22.0. The second kappa shape index (κ2) is 9.53. The molecule has 0 saturated carbocycles. The second-order valence-electron chi connectivity index (χ2n) is 8.49. The molecule has 1 fully saturated rings. The average Bonchev–Trinajstić information content (AvgIpc) is 3.10. The van der Waals surface area contributed by atoms with E-state index >= 15 is 0 Å². The van der Waals surface area contributed by atoms with Gasteiger partial charge in [-0.25, -0.2) is 4.79 Å². The van der Waals surface area contributed by atoms with E-state index in [9.17, 15) is 9.59 Å². The van der Waals surface area contributed by atoms with Gasteiger partial charge in [0.25, 0.3) is 5.91 Å². The molecule has 8 nitrogen and oxygen atoms in total. The van der Waals surface area contributed by atoms with Gasteiger partial charge in [0.05, 0.1) is 29.5 Å². The molecule has 1 N–H and O–H groups in total. The smallest absolute Gasteiger partial charge is 0.338 e. The summed E-state index contributed by atoms with van der Waals surface area (Å²) >= 11 is 0. The van der Waals surface area contributed by atoms with E-state index in [0.29, 0.717) is 56.0 Å². The maximum Gasteiger partial charge on any atom is 0.338 e. The summed E-state index contributed by atoms with van der Waals surface area (Å²) in [6.07, 6.45) is 3.88. The molecular weight excluding hydrogens is 408 g/mol. The van der Waals surface area contributed by atoms with Crippen molar-refractivity contribution in [2.45, 2.75) is 45.6 Å². The van der Waals surface area contributed by atoms with Crippen LogP contribution in [0.25, 0.3) is 0 Å². The lowest BCUT2D eigenvalue weighted by Crippen LogP contribution is -2.40. The number of aryl methyl sites for hydroxylation is 2. The lowest BCUT2D eigenvalue weighted by molar-refractivity contribution is 0.0160. The largest absolute Gasteiger partial charge is 0.462 e. The van der Waals surface area contributed by atoms with Gasteiger partial charge >= 0.3 is 5.97 Å². The number of ether oxygens (including phenoxy) is 2. The Morgan fingerprint density at radius 3 is 2.94 bits per heavy atom. The fraction of sp³-hybridized carbons (Fsp3) is 0.500. The number of benzene rings is 1. The Morgan fingerprint density at radius 1 is 1.38 bits per heavy atom. The predicted molar refractivity (Wildman–Crippen MR) is 116 cm³/mol. The highest BCUT2D eigenvalue weighted by molar-refractivity contribution is 5.94. The Kier molecular flexibility index (Phi) is 6.56. The fourth-order valence-electron chi connectivity index (χ4n) is 4.57. The highest BCUT2D eigenvalue weighted by Gasteiger charge is 2.39. The van der Waals surface area contributed by atoms with E-state index in [0.717, 1.165) is 30.5 Å². The van der Waals surface area contributed by atoms with Crippen molar-refractivity contribution in [3.05, 3.63) is 52.3 Å². The molecule has 1 spiro atoms. The van der Waals surface area contributed by atoms with Crippen molar-refractivity contribution in [1.29, 1.82) is 5.26 Å². The monoisotopic (exact) mass is 436 g/mol. The number of aromatic nitrogens is 2. The Hall–Kier alpha value is -3.18. The number of rotatable bonds is 6. The minimum atomic E-state index is -0.444. The maximum atomic E-state index is 12.9. The van der Waals surface area contributed by atoms with Crippen LogP contribution in [0.3, 0.4) is 0 Å². The van der Waals surface area contributed by atoms with E-state index in [1.54, 1.807) is 22.9 Å². The highest BCUT2D eigenvalue weighted by atomic mass is 16.5. The van der Waals surface area contributed by atoms with Crippen molar-refractivity contribution in [2.24, 2.45) is 5.41 Å². The van der Waals surface area contributed by atoms with Gasteiger partial charge in [0, 0.05) is 31.9 Å². The van der Waals surface area contributed by atoms with Crippen LogP contribution in [0, 0.1) is 16.7 Å². The summed E-state index contributed by atoms with van der Waals surface area (Å²) in [7, 11) is 0. The Labute approximate surface area is 187 Å². The minimum absolute atomic E-state index is 0.00768. The summed E-state index contributed by atoms with van der Waals surface area (Å²) in [5, 5.41) is 16.8. The molecule has 0 aliphatic carbocycles. The lowest BCUT2D eigenvalue weighted by atomic mass is 9.75. The molecule has 1 saturated heterocycles. The second-order valence-corrected chi connectivity index (χ2v) is 8.49. The van der Waals surface area contributed by atoms with Crippen molar-refractivity contribution in [2.75, 3.05) is 26.4 Å². The van der Waals surface area contributed by atoms with Crippen LogP contribution in [0.15, 0.2) is 24.3 Å². The summed E-state index contributed by atoms with van der Waals surface area (Å²) in [4.78, 5) is 25.1. The van der Waals surface area contributed by atoms with Gasteiger partial charge in [-0.15, -0.1) is 0 Å². The highest BCUT2D eigenvalue weighted by Crippen LogP contribution is 2.37. The van der Waals surface area contributed by atoms with Gasteiger partial charge in [-0.3, -0.25) is 9.48 Å². The van der Waals surface area contributed by atoms with Gasteiger partial charge in [0.2, 0.25) is 0 Å². The van der Waals surface area contributed by atoms with Crippen molar-refractivity contribution < 1.29 is 19.1 Å². The number of fused-ring (bicyclic) bond motifs is 1. The summed E-state index contributed by atoms with van der Waals surface area (Å²) in [6.45, 7) is 4.93. The lowest BCUT2D eigenvalue weighted by Gasteiger charge is -2.36. The molecule has 2 aliphatic heterocycles. The van der Waals surface area contributed by atoms with Gasteiger partial charge < -0.3 is 14.8 Å². The molecule has 1 amide bonds. The minimum Gasteiger partial charge on any atom is -0.462 e. The summed E-state index contributed by atoms with van der Waals surface area (Å²) in [6, 6.07) is 8.50. The van der Waals surface area contributed by atoms with E-state index < -0.39 is 5.97 Å². The molecule has 4 rings (SSSR count). The molecule has 1 aromatic carbocycles. The summed E-state index contributed by atoms with van der Waals surface area (Å²) in [5.74, 6) is -0.506. The number of esters is 1. The standard InChI is InChI=1S/C24H28N4O4/c1-2-28-21-19(14-24(16-26-22(21)29)8-11-31-12-9-24)20(27-28)7-4-10-32-23(30)18-6-3-5-17(13-18)15-25/h3,5-6,13H,2,4,7-12,14,16H2,1H3,(H,26,29). The average molecular weight is 437 g/mol. The third-order valence-corrected chi connectivity index (χ3v) is 6.40. The Balaban J connectivity index is 1.44. The van der Waals surface area contributed by atoms with Gasteiger partial charge in [-0.05, 0) is 62.6 Å².